The molecule has 0 radical (unpaired) electrons. The standard InChI is InChI=1S/C18H19F3N2O4S/c1-12-7-9-14(11-15(12)23-28(2,25)26)22-17(24)10-8-13-5-3-4-6-16(13)27-18(19,20)21/h3-7,9,11,23H,8,10H2,1-2H3,(H,22,24). The molecule has 28 heavy (non-hydrogen) atoms. The highest BCUT2D eigenvalue weighted by molar-refractivity contribution is 7.92. The summed E-state index contributed by atoms with van der Waals surface area (Å²) in [5.74, 6) is -0.784. The lowest BCUT2D eigenvalue weighted by atomic mass is 10.1. The van der Waals surface area contributed by atoms with E-state index in [0.29, 0.717) is 16.9 Å². The quantitative estimate of drug-likeness (QED) is 0.718. The number of para-hydroxylation sites is 1. The van der Waals surface area contributed by atoms with E-state index in [-0.39, 0.29) is 24.2 Å². The Balaban J connectivity index is 2.03. The Morgan fingerprint density at radius 1 is 1.14 bits per heavy atom. The van der Waals surface area contributed by atoms with Crippen LogP contribution in [0.15, 0.2) is 42.5 Å². The molecule has 0 aliphatic heterocycles. The van der Waals surface area contributed by atoms with Crippen LogP contribution < -0.4 is 14.8 Å². The van der Waals surface area contributed by atoms with Crippen molar-refractivity contribution in [1.82, 2.24) is 0 Å². The van der Waals surface area contributed by atoms with Crippen molar-refractivity contribution >= 4 is 27.3 Å². The molecule has 0 atom stereocenters. The summed E-state index contributed by atoms with van der Waals surface area (Å²) in [5.41, 5.74) is 1.60. The Bertz CT molecular complexity index is 960. The van der Waals surface area contributed by atoms with E-state index in [1.54, 1.807) is 25.1 Å². The molecular weight excluding hydrogens is 397 g/mol. The second-order valence-electron chi connectivity index (χ2n) is 6.11. The van der Waals surface area contributed by atoms with Gasteiger partial charge in [0, 0.05) is 12.1 Å². The molecule has 2 rings (SSSR count). The number of carbonyl (C=O) groups is 1. The van der Waals surface area contributed by atoms with E-state index in [4.69, 9.17) is 0 Å². The molecule has 0 saturated heterocycles. The lowest BCUT2D eigenvalue weighted by Gasteiger charge is -2.13. The number of rotatable bonds is 7. The molecule has 0 bridgehead atoms. The van der Waals surface area contributed by atoms with Crippen LogP contribution in [-0.4, -0.2) is 26.9 Å². The first-order valence-electron chi connectivity index (χ1n) is 8.15. The fourth-order valence-electron chi connectivity index (χ4n) is 2.42. The lowest BCUT2D eigenvalue weighted by Crippen LogP contribution is -2.18. The fraction of sp³-hybridized carbons (Fsp3) is 0.278. The molecule has 0 fully saturated rings. The highest BCUT2D eigenvalue weighted by atomic mass is 32.2. The van der Waals surface area contributed by atoms with Crippen LogP contribution in [0.4, 0.5) is 24.5 Å². The molecule has 0 spiro atoms. The zero-order valence-corrected chi connectivity index (χ0v) is 15.9. The SMILES string of the molecule is Cc1ccc(NC(=O)CCc2ccccc2OC(F)(F)F)cc1NS(C)(=O)=O. The Labute approximate surface area is 160 Å². The molecule has 0 heterocycles. The summed E-state index contributed by atoms with van der Waals surface area (Å²) < 4.78 is 66.4. The summed E-state index contributed by atoms with van der Waals surface area (Å²) in [6.45, 7) is 1.71. The monoisotopic (exact) mass is 416 g/mol. The fourth-order valence-corrected chi connectivity index (χ4v) is 3.04. The maximum absolute atomic E-state index is 12.4. The van der Waals surface area contributed by atoms with Crippen LogP contribution in [-0.2, 0) is 21.2 Å². The molecule has 2 aromatic carbocycles. The second kappa shape index (κ2) is 8.51. The molecule has 0 saturated carbocycles. The van der Waals surface area contributed by atoms with Gasteiger partial charge in [0.2, 0.25) is 15.9 Å². The predicted octanol–water partition coefficient (Wildman–Crippen LogP) is 3.84. The summed E-state index contributed by atoms with van der Waals surface area (Å²) in [4.78, 5) is 12.2. The average Bonchev–Trinajstić information content (AvgIpc) is 2.54. The normalized spacial score (nSPS) is 11.8. The average molecular weight is 416 g/mol. The van der Waals surface area contributed by atoms with Crippen molar-refractivity contribution in [3.8, 4) is 5.75 Å². The first-order valence-corrected chi connectivity index (χ1v) is 10.0. The maximum atomic E-state index is 12.4. The third-order valence-electron chi connectivity index (χ3n) is 3.64. The van der Waals surface area contributed by atoms with Crippen LogP contribution in [0.5, 0.6) is 5.75 Å². The number of sulfonamides is 1. The van der Waals surface area contributed by atoms with E-state index in [1.807, 2.05) is 0 Å². The van der Waals surface area contributed by atoms with Crippen LogP contribution in [0.3, 0.4) is 0 Å². The highest BCUT2D eigenvalue weighted by Crippen LogP contribution is 2.27. The summed E-state index contributed by atoms with van der Waals surface area (Å²) in [6.07, 6.45) is -3.85. The van der Waals surface area contributed by atoms with E-state index < -0.39 is 22.3 Å². The third kappa shape index (κ3) is 7.10. The van der Waals surface area contributed by atoms with Crippen molar-refractivity contribution in [3.05, 3.63) is 53.6 Å². The van der Waals surface area contributed by atoms with Crippen LogP contribution in [0.1, 0.15) is 17.5 Å². The minimum atomic E-state index is -4.82. The van der Waals surface area contributed by atoms with Gasteiger partial charge in [-0.15, -0.1) is 13.2 Å². The Kier molecular flexibility index (Phi) is 6.55. The Hall–Kier alpha value is -2.75. The number of alkyl halides is 3. The van der Waals surface area contributed by atoms with Crippen LogP contribution >= 0.6 is 0 Å². The van der Waals surface area contributed by atoms with Gasteiger partial charge in [-0.05, 0) is 42.7 Å². The number of nitrogens with one attached hydrogen (secondary N) is 2. The van der Waals surface area contributed by atoms with Crippen molar-refractivity contribution in [2.75, 3.05) is 16.3 Å². The van der Waals surface area contributed by atoms with Gasteiger partial charge in [0.25, 0.3) is 0 Å². The zero-order chi connectivity index (χ0) is 20.9. The van der Waals surface area contributed by atoms with Gasteiger partial charge in [0.05, 0.1) is 11.9 Å². The van der Waals surface area contributed by atoms with Crippen molar-refractivity contribution in [2.24, 2.45) is 0 Å². The smallest absolute Gasteiger partial charge is 0.406 e. The van der Waals surface area contributed by atoms with Gasteiger partial charge in [-0.25, -0.2) is 8.42 Å². The van der Waals surface area contributed by atoms with E-state index in [1.165, 1.54) is 24.3 Å². The van der Waals surface area contributed by atoms with Crippen molar-refractivity contribution in [2.45, 2.75) is 26.1 Å². The topological polar surface area (TPSA) is 84.5 Å². The third-order valence-corrected chi connectivity index (χ3v) is 4.23. The molecule has 0 aromatic heterocycles. The number of hydrogen-bond donors (Lipinski definition) is 2. The van der Waals surface area contributed by atoms with Crippen LogP contribution in [0.2, 0.25) is 0 Å². The van der Waals surface area contributed by atoms with E-state index in [2.05, 4.69) is 14.8 Å². The number of benzene rings is 2. The highest BCUT2D eigenvalue weighted by Gasteiger charge is 2.31. The molecule has 2 aromatic rings. The molecular formula is C18H19F3N2O4S. The molecule has 10 heteroatoms. The Morgan fingerprint density at radius 3 is 2.46 bits per heavy atom. The zero-order valence-electron chi connectivity index (χ0n) is 15.1. The number of anilines is 2. The van der Waals surface area contributed by atoms with Crippen LogP contribution in [0, 0.1) is 6.92 Å². The number of ether oxygens (including phenoxy) is 1. The summed E-state index contributed by atoms with van der Waals surface area (Å²) in [5, 5.41) is 2.60. The van der Waals surface area contributed by atoms with Gasteiger partial charge in [-0.3, -0.25) is 9.52 Å². The number of carbonyl (C=O) groups excluding carboxylic acids is 1. The number of amides is 1. The number of aryl methyl sites for hydroxylation is 2. The molecule has 0 aliphatic rings. The van der Waals surface area contributed by atoms with E-state index >= 15 is 0 Å². The molecule has 6 nitrogen and oxygen atoms in total. The van der Waals surface area contributed by atoms with Gasteiger partial charge < -0.3 is 10.1 Å². The van der Waals surface area contributed by atoms with E-state index in [0.717, 1.165) is 6.26 Å². The van der Waals surface area contributed by atoms with Gasteiger partial charge in [0.1, 0.15) is 5.75 Å². The summed E-state index contributed by atoms with van der Waals surface area (Å²) in [6, 6.07) is 10.3. The first-order chi connectivity index (χ1) is 12.9. The van der Waals surface area contributed by atoms with Gasteiger partial charge in [-0.2, -0.15) is 0 Å². The lowest BCUT2D eigenvalue weighted by molar-refractivity contribution is -0.274. The Morgan fingerprint density at radius 2 is 1.82 bits per heavy atom. The number of hydrogen-bond acceptors (Lipinski definition) is 4. The van der Waals surface area contributed by atoms with Gasteiger partial charge >= 0.3 is 6.36 Å². The molecule has 2 N–H and O–H groups in total. The molecule has 0 unspecified atom stereocenters. The molecule has 1 amide bonds. The van der Waals surface area contributed by atoms with Crippen molar-refractivity contribution in [1.29, 1.82) is 0 Å². The molecule has 0 aliphatic carbocycles. The maximum Gasteiger partial charge on any atom is 0.573 e. The predicted molar refractivity (Wildman–Crippen MR) is 99.7 cm³/mol. The minimum absolute atomic E-state index is 0.0401. The van der Waals surface area contributed by atoms with Crippen molar-refractivity contribution in [3.63, 3.8) is 0 Å². The van der Waals surface area contributed by atoms with Crippen LogP contribution in [0.25, 0.3) is 0 Å². The summed E-state index contributed by atoms with van der Waals surface area (Å²) in [7, 11) is -3.48. The van der Waals surface area contributed by atoms with E-state index in [9.17, 15) is 26.4 Å². The largest absolute Gasteiger partial charge is 0.573 e. The molecule has 152 valence electrons. The minimum Gasteiger partial charge on any atom is -0.406 e. The second-order valence-corrected chi connectivity index (χ2v) is 7.86. The van der Waals surface area contributed by atoms with Gasteiger partial charge in [0.15, 0.2) is 0 Å². The first kappa shape index (κ1) is 21.5. The number of halogens is 3. The van der Waals surface area contributed by atoms with Gasteiger partial charge in [-0.1, -0.05) is 24.3 Å². The summed E-state index contributed by atoms with van der Waals surface area (Å²) >= 11 is 0. The van der Waals surface area contributed by atoms with Crippen molar-refractivity contribution < 1.29 is 31.1 Å².